The third-order valence-corrected chi connectivity index (χ3v) is 2.66. The summed E-state index contributed by atoms with van der Waals surface area (Å²) < 4.78 is 18.5. The van der Waals surface area contributed by atoms with Crippen LogP contribution in [0.5, 0.6) is 0 Å². The van der Waals surface area contributed by atoms with Crippen molar-refractivity contribution in [3.8, 4) is 11.5 Å². The Bertz CT molecular complexity index is 693. The predicted molar refractivity (Wildman–Crippen MR) is 64.4 cm³/mol. The van der Waals surface area contributed by atoms with Gasteiger partial charge in [0.2, 0.25) is 5.89 Å². The van der Waals surface area contributed by atoms with E-state index in [1.54, 1.807) is 18.2 Å². The molecule has 0 spiro atoms. The molecule has 0 unspecified atom stereocenters. The Morgan fingerprint density at radius 3 is 2.82 bits per heavy atom. The summed E-state index contributed by atoms with van der Waals surface area (Å²) in [5, 5.41) is 0.607. The van der Waals surface area contributed by atoms with Crippen LogP contribution in [0.3, 0.4) is 0 Å². The molecule has 1 aromatic heterocycles. The Morgan fingerprint density at radius 2 is 2.00 bits per heavy atom. The van der Waals surface area contributed by atoms with Crippen molar-refractivity contribution >= 4 is 22.7 Å². The topological polar surface area (TPSA) is 26.0 Å². The molecular weight excluding hydrogens is 241 g/mol. The Balaban J connectivity index is 2.18. The molecule has 0 saturated carbocycles. The molecule has 0 amide bonds. The van der Waals surface area contributed by atoms with Gasteiger partial charge >= 0.3 is 0 Å². The number of aromatic nitrogens is 1. The van der Waals surface area contributed by atoms with Gasteiger partial charge in [-0.2, -0.15) is 0 Å². The van der Waals surface area contributed by atoms with Gasteiger partial charge in [-0.3, -0.25) is 0 Å². The summed E-state index contributed by atoms with van der Waals surface area (Å²) in [6.45, 7) is 0. The largest absolute Gasteiger partial charge is 0.436 e. The number of nitrogens with zero attached hydrogens (tertiary/aromatic N) is 1. The number of oxazole rings is 1. The maximum absolute atomic E-state index is 13.0. The van der Waals surface area contributed by atoms with Crippen LogP contribution in [0.2, 0.25) is 5.02 Å². The van der Waals surface area contributed by atoms with Crippen LogP contribution in [0.1, 0.15) is 0 Å². The Morgan fingerprint density at radius 1 is 1.12 bits per heavy atom. The first kappa shape index (κ1) is 10.3. The summed E-state index contributed by atoms with van der Waals surface area (Å²) in [5.41, 5.74) is 1.83. The number of fused-ring (bicyclic) bond motifs is 1. The van der Waals surface area contributed by atoms with E-state index >= 15 is 0 Å². The van der Waals surface area contributed by atoms with Crippen LogP contribution in [0.4, 0.5) is 4.39 Å². The van der Waals surface area contributed by atoms with E-state index in [0.29, 0.717) is 22.0 Å². The number of hydrogen-bond acceptors (Lipinski definition) is 2. The van der Waals surface area contributed by atoms with Gasteiger partial charge in [0.05, 0.1) is 0 Å². The van der Waals surface area contributed by atoms with Crippen molar-refractivity contribution in [1.82, 2.24) is 4.98 Å². The highest BCUT2D eigenvalue weighted by Gasteiger charge is 2.08. The molecule has 0 saturated heterocycles. The molecule has 4 heteroatoms. The van der Waals surface area contributed by atoms with E-state index in [9.17, 15) is 4.39 Å². The van der Waals surface area contributed by atoms with Crippen LogP contribution < -0.4 is 0 Å². The molecule has 0 aliphatic carbocycles. The quantitative estimate of drug-likeness (QED) is 0.641. The first-order valence-electron chi connectivity index (χ1n) is 5.04. The Labute approximate surface area is 102 Å². The third kappa shape index (κ3) is 1.89. The van der Waals surface area contributed by atoms with Crippen molar-refractivity contribution in [3.63, 3.8) is 0 Å². The molecule has 0 aliphatic heterocycles. The number of benzene rings is 2. The molecule has 17 heavy (non-hydrogen) atoms. The molecule has 0 radical (unpaired) electrons. The maximum Gasteiger partial charge on any atom is 0.227 e. The second-order valence-electron chi connectivity index (χ2n) is 3.64. The minimum Gasteiger partial charge on any atom is -0.436 e. The van der Waals surface area contributed by atoms with Crippen molar-refractivity contribution in [1.29, 1.82) is 0 Å². The molecule has 2 aromatic carbocycles. The number of hydrogen-bond donors (Lipinski definition) is 0. The van der Waals surface area contributed by atoms with Crippen molar-refractivity contribution in [2.45, 2.75) is 0 Å². The summed E-state index contributed by atoms with van der Waals surface area (Å²) in [7, 11) is 0. The van der Waals surface area contributed by atoms with Gasteiger partial charge in [0.1, 0.15) is 11.3 Å². The van der Waals surface area contributed by atoms with Crippen molar-refractivity contribution in [3.05, 3.63) is 53.3 Å². The molecular formula is C13H7ClFNO. The van der Waals surface area contributed by atoms with E-state index in [1.165, 1.54) is 12.1 Å². The maximum atomic E-state index is 13.0. The van der Waals surface area contributed by atoms with Crippen LogP contribution in [-0.2, 0) is 0 Å². The summed E-state index contributed by atoms with van der Waals surface area (Å²) >= 11 is 5.89. The SMILES string of the molecule is Fc1ccc2oc(-c3cccc(Cl)c3)nc2c1. The van der Waals surface area contributed by atoms with Gasteiger partial charge in [-0.05, 0) is 30.3 Å². The van der Waals surface area contributed by atoms with Gasteiger partial charge < -0.3 is 4.42 Å². The molecule has 0 atom stereocenters. The molecule has 1 heterocycles. The van der Waals surface area contributed by atoms with Crippen LogP contribution >= 0.6 is 11.6 Å². The fourth-order valence-corrected chi connectivity index (χ4v) is 1.84. The lowest BCUT2D eigenvalue weighted by Crippen LogP contribution is -1.76. The Hall–Kier alpha value is -1.87. The van der Waals surface area contributed by atoms with E-state index < -0.39 is 0 Å². The number of rotatable bonds is 1. The molecule has 84 valence electrons. The standard InChI is InChI=1S/C13H7ClFNO/c14-9-3-1-2-8(6-9)13-16-11-7-10(15)4-5-12(11)17-13/h1-7H. The normalized spacial score (nSPS) is 10.9. The van der Waals surface area contributed by atoms with E-state index in [1.807, 2.05) is 12.1 Å². The zero-order valence-corrected chi connectivity index (χ0v) is 9.41. The molecule has 0 N–H and O–H groups in total. The van der Waals surface area contributed by atoms with Gasteiger partial charge in [0, 0.05) is 16.7 Å². The van der Waals surface area contributed by atoms with E-state index in [2.05, 4.69) is 4.98 Å². The molecule has 2 nitrogen and oxygen atoms in total. The molecule has 3 aromatic rings. The lowest BCUT2D eigenvalue weighted by atomic mass is 10.2. The zero-order valence-electron chi connectivity index (χ0n) is 8.65. The minimum absolute atomic E-state index is 0.330. The fraction of sp³-hybridized carbons (Fsp3) is 0. The van der Waals surface area contributed by atoms with Gasteiger partial charge in [-0.1, -0.05) is 17.7 Å². The van der Waals surface area contributed by atoms with E-state index in [-0.39, 0.29) is 5.82 Å². The first-order valence-corrected chi connectivity index (χ1v) is 5.42. The number of halogens is 2. The monoisotopic (exact) mass is 247 g/mol. The highest BCUT2D eigenvalue weighted by molar-refractivity contribution is 6.30. The van der Waals surface area contributed by atoms with Gasteiger partial charge in [0.25, 0.3) is 0 Å². The van der Waals surface area contributed by atoms with Crippen LogP contribution in [0, 0.1) is 5.82 Å². The smallest absolute Gasteiger partial charge is 0.227 e. The second-order valence-corrected chi connectivity index (χ2v) is 4.08. The van der Waals surface area contributed by atoms with Crippen molar-refractivity contribution in [2.75, 3.05) is 0 Å². The fourth-order valence-electron chi connectivity index (χ4n) is 1.65. The van der Waals surface area contributed by atoms with Gasteiger partial charge in [-0.15, -0.1) is 0 Å². The molecule has 0 aliphatic rings. The highest BCUT2D eigenvalue weighted by atomic mass is 35.5. The third-order valence-electron chi connectivity index (χ3n) is 2.42. The zero-order chi connectivity index (χ0) is 11.8. The van der Waals surface area contributed by atoms with E-state index in [4.69, 9.17) is 16.0 Å². The minimum atomic E-state index is -0.330. The van der Waals surface area contributed by atoms with Gasteiger partial charge in [0.15, 0.2) is 5.58 Å². The van der Waals surface area contributed by atoms with Crippen LogP contribution in [-0.4, -0.2) is 4.98 Å². The van der Waals surface area contributed by atoms with Crippen LogP contribution in [0.15, 0.2) is 46.9 Å². The van der Waals surface area contributed by atoms with E-state index in [0.717, 1.165) is 5.56 Å². The predicted octanol–water partition coefficient (Wildman–Crippen LogP) is 4.29. The lowest BCUT2D eigenvalue weighted by Gasteiger charge is -1.94. The average molecular weight is 248 g/mol. The molecule has 0 bridgehead atoms. The summed E-state index contributed by atoms with van der Waals surface area (Å²) in [6, 6.07) is 11.4. The summed E-state index contributed by atoms with van der Waals surface area (Å²) in [5.74, 6) is 0.108. The Kier molecular flexibility index (Phi) is 2.34. The summed E-state index contributed by atoms with van der Waals surface area (Å²) in [4.78, 5) is 4.22. The lowest BCUT2D eigenvalue weighted by molar-refractivity contribution is 0.614. The van der Waals surface area contributed by atoms with Crippen LogP contribution in [0.25, 0.3) is 22.6 Å². The van der Waals surface area contributed by atoms with Crippen molar-refractivity contribution in [2.24, 2.45) is 0 Å². The highest BCUT2D eigenvalue weighted by Crippen LogP contribution is 2.26. The first-order chi connectivity index (χ1) is 8.22. The second kappa shape index (κ2) is 3.86. The average Bonchev–Trinajstić information content (AvgIpc) is 2.72. The molecule has 3 rings (SSSR count). The van der Waals surface area contributed by atoms with Crippen molar-refractivity contribution < 1.29 is 8.81 Å². The summed E-state index contributed by atoms with van der Waals surface area (Å²) in [6.07, 6.45) is 0. The molecule has 0 fully saturated rings. The van der Waals surface area contributed by atoms with Gasteiger partial charge in [-0.25, -0.2) is 9.37 Å².